The van der Waals surface area contributed by atoms with Gasteiger partial charge in [-0.25, -0.2) is 27.3 Å². The van der Waals surface area contributed by atoms with E-state index >= 15 is 0 Å². The third-order valence-corrected chi connectivity index (χ3v) is 5.93. The fraction of sp³-hybridized carbons (Fsp3) is 0.176. The van der Waals surface area contributed by atoms with Crippen LogP contribution in [0, 0.1) is 11.6 Å². The van der Waals surface area contributed by atoms with Crippen LogP contribution in [0.4, 0.5) is 8.78 Å². The maximum Gasteiger partial charge on any atom is 0.212 e. The lowest BCUT2D eigenvalue weighted by atomic mass is 9.98. The number of carbonyl (C=O) groups is 1. The minimum atomic E-state index is -3.90. The fourth-order valence-corrected chi connectivity index (χ4v) is 3.43. The lowest BCUT2D eigenvalue weighted by Crippen LogP contribution is -2.28. The molecule has 0 spiro atoms. The summed E-state index contributed by atoms with van der Waals surface area (Å²) in [6.45, 7) is 1.31. The zero-order valence-electron chi connectivity index (χ0n) is 14.0. The molecule has 3 N–H and O–H groups in total. The van der Waals surface area contributed by atoms with Gasteiger partial charge in [0.05, 0.1) is 10.8 Å². The molecule has 10 heteroatoms. The molecule has 0 aliphatic heterocycles. The van der Waals surface area contributed by atoms with E-state index in [2.05, 4.69) is 25.9 Å². The average molecular weight is 458 g/mol. The van der Waals surface area contributed by atoms with Crippen molar-refractivity contribution in [1.82, 2.24) is 9.97 Å². The largest absolute Gasteiger partial charge is 0.345 e. The van der Waals surface area contributed by atoms with E-state index in [1.807, 2.05) is 0 Å². The van der Waals surface area contributed by atoms with Gasteiger partial charge in [-0.2, -0.15) is 0 Å². The first-order chi connectivity index (χ1) is 12.6. The number of nitrogens with two attached hydrogens (primary N) is 1. The van der Waals surface area contributed by atoms with Crippen LogP contribution in [-0.4, -0.2) is 29.4 Å². The highest BCUT2D eigenvalue weighted by Crippen LogP contribution is 2.27. The standard InChI is InChI=1S/C17H14BrF2N3O3S/c1-8(27(21,25)26)4-9-2-3-13(19)14(15(9)20)16(24)12-7-23-17-11(12)5-10(18)6-22-17/h2-3,5-8H,4H2,1H3,(H,22,23)(H2,21,25,26). The number of halogens is 3. The smallest absolute Gasteiger partial charge is 0.212 e. The number of pyridine rings is 1. The number of primary sulfonamides is 1. The van der Waals surface area contributed by atoms with Gasteiger partial charge < -0.3 is 4.98 Å². The fourth-order valence-electron chi connectivity index (χ4n) is 2.69. The monoisotopic (exact) mass is 457 g/mol. The molecule has 142 valence electrons. The van der Waals surface area contributed by atoms with Crippen LogP contribution in [0.2, 0.25) is 0 Å². The van der Waals surface area contributed by atoms with Gasteiger partial charge in [-0.1, -0.05) is 6.07 Å². The minimum absolute atomic E-state index is 0.0493. The van der Waals surface area contributed by atoms with Crippen molar-refractivity contribution in [3.63, 3.8) is 0 Å². The zero-order chi connectivity index (χ0) is 19.9. The van der Waals surface area contributed by atoms with E-state index in [9.17, 15) is 22.0 Å². The summed E-state index contributed by atoms with van der Waals surface area (Å²) in [5.74, 6) is -3.02. The summed E-state index contributed by atoms with van der Waals surface area (Å²) in [4.78, 5) is 19.7. The molecule has 0 bridgehead atoms. The molecule has 0 saturated heterocycles. The number of sulfonamides is 1. The van der Waals surface area contributed by atoms with Gasteiger partial charge in [0.2, 0.25) is 15.8 Å². The number of nitrogens with zero attached hydrogens (tertiary/aromatic N) is 1. The third-order valence-electron chi connectivity index (χ3n) is 4.21. The normalized spacial score (nSPS) is 13.1. The van der Waals surface area contributed by atoms with E-state index in [1.54, 1.807) is 6.07 Å². The summed E-state index contributed by atoms with van der Waals surface area (Å²) < 4.78 is 52.5. The summed E-state index contributed by atoms with van der Waals surface area (Å²) in [5, 5.41) is 4.36. The first-order valence-electron chi connectivity index (χ1n) is 7.75. The Hall–Kier alpha value is -2.17. The summed E-state index contributed by atoms with van der Waals surface area (Å²) >= 11 is 3.24. The highest BCUT2D eigenvalue weighted by atomic mass is 79.9. The third kappa shape index (κ3) is 3.78. The molecule has 0 radical (unpaired) electrons. The van der Waals surface area contributed by atoms with E-state index < -0.39 is 38.3 Å². The second-order valence-electron chi connectivity index (χ2n) is 6.08. The SMILES string of the molecule is CC(Cc1ccc(F)c(C(=O)c2c[nH]c3ncc(Br)cc23)c1F)S(N)(=O)=O. The van der Waals surface area contributed by atoms with Crippen LogP contribution in [-0.2, 0) is 16.4 Å². The Morgan fingerprint density at radius 2 is 2.07 bits per heavy atom. The Labute approximate surface area is 162 Å². The molecule has 3 aromatic rings. The molecule has 2 aromatic heterocycles. The quantitative estimate of drug-likeness (QED) is 0.574. The Morgan fingerprint density at radius 1 is 1.37 bits per heavy atom. The zero-order valence-corrected chi connectivity index (χ0v) is 16.4. The van der Waals surface area contributed by atoms with Gasteiger partial charge in [0, 0.05) is 27.8 Å². The average Bonchev–Trinajstić information content (AvgIpc) is 2.99. The number of aromatic nitrogens is 2. The minimum Gasteiger partial charge on any atom is -0.345 e. The van der Waals surface area contributed by atoms with Crippen molar-refractivity contribution in [3.05, 3.63) is 63.4 Å². The maximum atomic E-state index is 14.9. The molecule has 3 rings (SSSR count). The van der Waals surface area contributed by atoms with E-state index in [0.717, 1.165) is 12.1 Å². The molecule has 0 saturated carbocycles. The molecule has 1 atom stereocenters. The number of benzene rings is 1. The van der Waals surface area contributed by atoms with Gasteiger partial charge in [0.25, 0.3) is 0 Å². The van der Waals surface area contributed by atoms with Gasteiger partial charge in [-0.15, -0.1) is 0 Å². The van der Waals surface area contributed by atoms with Crippen molar-refractivity contribution in [2.45, 2.75) is 18.6 Å². The van der Waals surface area contributed by atoms with Gasteiger partial charge >= 0.3 is 0 Å². The number of hydrogen-bond acceptors (Lipinski definition) is 4. The van der Waals surface area contributed by atoms with Crippen molar-refractivity contribution in [3.8, 4) is 0 Å². The van der Waals surface area contributed by atoms with Crippen molar-refractivity contribution < 1.29 is 22.0 Å². The van der Waals surface area contributed by atoms with Crippen LogP contribution >= 0.6 is 15.9 Å². The predicted octanol–water partition coefficient (Wildman–Crippen LogP) is 3.05. The van der Waals surface area contributed by atoms with Crippen LogP contribution in [0.1, 0.15) is 28.4 Å². The van der Waals surface area contributed by atoms with Crippen molar-refractivity contribution in [2.75, 3.05) is 0 Å². The molecule has 1 unspecified atom stereocenters. The maximum absolute atomic E-state index is 14.9. The second kappa shape index (κ2) is 7.10. The van der Waals surface area contributed by atoms with Gasteiger partial charge in [-0.3, -0.25) is 4.79 Å². The molecule has 27 heavy (non-hydrogen) atoms. The number of rotatable bonds is 5. The number of nitrogens with one attached hydrogen (secondary N) is 1. The van der Waals surface area contributed by atoms with Crippen LogP contribution < -0.4 is 5.14 Å². The van der Waals surface area contributed by atoms with E-state index in [-0.39, 0.29) is 17.5 Å². The van der Waals surface area contributed by atoms with Gasteiger partial charge in [-0.05, 0) is 47.0 Å². The van der Waals surface area contributed by atoms with Crippen molar-refractivity contribution in [2.24, 2.45) is 5.14 Å². The van der Waals surface area contributed by atoms with Crippen LogP contribution in [0.5, 0.6) is 0 Å². The number of ketones is 1. The number of hydrogen-bond donors (Lipinski definition) is 2. The summed E-state index contributed by atoms with van der Waals surface area (Å²) in [7, 11) is -3.90. The van der Waals surface area contributed by atoms with Crippen molar-refractivity contribution >= 4 is 42.8 Å². The van der Waals surface area contributed by atoms with Gasteiger partial charge in [0.1, 0.15) is 17.3 Å². The molecule has 0 aliphatic carbocycles. The van der Waals surface area contributed by atoms with Crippen LogP contribution in [0.3, 0.4) is 0 Å². The van der Waals surface area contributed by atoms with E-state index in [0.29, 0.717) is 15.5 Å². The summed E-state index contributed by atoms with van der Waals surface area (Å²) in [6, 6.07) is 3.65. The summed E-state index contributed by atoms with van der Waals surface area (Å²) in [6.07, 6.45) is 2.56. The second-order valence-corrected chi connectivity index (χ2v) is 8.98. The molecule has 2 heterocycles. The lowest BCUT2D eigenvalue weighted by molar-refractivity contribution is 0.103. The first-order valence-corrected chi connectivity index (χ1v) is 10.2. The molecule has 6 nitrogen and oxygen atoms in total. The number of H-pyrrole nitrogens is 1. The van der Waals surface area contributed by atoms with E-state index in [1.165, 1.54) is 19.3 Å². The number of carbonyl (C=O) groups excluding carboxylic acids is 1. The lowest BCUT2D eigenvalue weighted by Gasteiger charge is -2.12. The molecule has 0 amide bonds. The topological polar surface area (TPSA) is 106 Å². The Morgan fingerprint density at radius 3 is 2.74 bits per heavy atom. The molecule has 0 aliphatic rings. The Balaban J connectivity index is 2.09. The Kier molecular flexibility index (Phi) is 5.15. The highest BCUT2D eigenvalue weighted by molar-refractivity contribution is 9.10. The highest BCUT2D eigenvalue weighted by Gasteiger charge is 2.26. The van der Waals surface area contributed by atoms with Crippen molar-refractivity contribution in [1.29, 1.82) is 0 Å². The van der Waals surface area contributed by atoms with Gasteiger partial charge in [0.15, 0.2) is 0 Å². The first kappa shape index (κ1) is 19.6. The number of aromatic amines is 1. The molecular weight excluding hydrogens is 444 g/mol. The van der Waals surface area contributed by atoms with Crippen LogP contribution in [0.25, 0.3) is 11.0 Å². The molecule has 1 aromatic carbocycles. The van der Waals surface area contributed by atoms with E-state index in [4.69, 9.17) is 5.14 Å². The van der Waals surface area contributed by atoms with Crippen LogP contribution in [0.15, 0.2) is 35.1 Å². The molecule has 0 fully saturated rings. The summed E-state index contributed by atoms with van der Waals surface area (Å²) in [5.41, 5.74) is -0.426. The molecular formula is C17H14BrF2N3O3S. The predicted molar refractivity (Wildman–Crippen MR) is 99.9 cm³/mol. The Bertz CT molecular complexity index is 1160. The number of fused-ring (bicyclic) bond motifs is 1.